The van der Waals surface area contributed by atoms with E-state index in [4.69, 9.17) is 9.47 Å². The Balaban J connectivity index is 1.96. The minimum absolute atomic E-state index is 0.0680. The largest absolute Gasteiger partial charge is 0.459 e. The van der Waals surface area contributed by atoms with Crippen LogP contribution in [0.5, 0.6) is 0 Å². The molecule has 1 saturated heterocycles. The summed E-state index contributed by atoms with van der Waals surface area (Å²) in [5, 5.41) is 0. The van der Waals surface area contributed by atoms with E-state index in [9.17, 15) is 4.79 Å². The van der Waals surface area contributed by atoms with Gasteiger partial charge in [0.05, 0.1) is 11.7 Å². The van der Waals surface area contributed by atoms with Gasteiger partial charge in [0, 0.05) is 11.5 Å². The molecule has 0 aliphatic carbocycles. The Hall–Kier alpha value is -1.00. The number of esters is 1. The number of carbonyl (C=O) groups excluding carboxylic acids is 1. The second-order valence-electron chi connectivity index (χ2n) is 4.23. The van der Waals surface area contributed by atoms with E-state index in [1.165, 1.54) is 0 Å². The average molecular weight is 252 g/mol. The third-order valence-corrected chi connectivity index (χ3v) is 3.14. The summed E-state index contributed by atoms with van der Waals surface area (Å²) in [5.41, 5.74) is 1.48. The summed E-state index contributed by atoms with van der Waals surface area (Å²) < 4.78 is 10.7. The van der Waals surface area contributed by atoms with Gasteiger partial charge in [0.25, 0.3) is 0 Å². The maximum atomic E-state index is 11.9. The van der Waals surface area contributed by atoms with Crippen LogP contribution in [0.2, 0.25) is 0 Å². The zero-order chi connectivity index (χ0) is 12.3. The average Bonchev–Trinajstić information content (AvgIpc) is 2.82. The van der Waals surface area contributed by atoms with Crippen molar-refractivity contribution in [2.45, 2.75) is 30.8 Å². The third-order valence-electron chi connectivity index (χ3n) is 2.87. The number of carbonyl (C=O) groups is 1. The summed E-state index contributed by atoms with van der Waals surface area (Å²) in [6.45, 7) is 3.00. The molecule has 0 spiro atoms. The van der Waals surface area contributed by atoms with Crippen molar-refractivity contribution in [1.82, 2.24) is 0 Å². The molecule has 0 saturated carbocycles. The van der Waals surface area contributed by atoms with Crippen molar-refractivity contribution >= 4 is 18.6 Å². The van der Waals surface area contributed by atoms with E-state index >= 15 is 0 Å². The molecule has 1 aliphatic rings. The Bertz CT molecular complexity index is 411. The summed E-state index contributed by atoms with van der Waals surface area (Å²) in [6, 6.07) is 5.45. The number of hydrogen-bond acceptors (Lipinski definition) is 4. The molecule has 0 N–H and O–H groups in total. The van der Waals surface area contributed by atoms with Gasteiger partial charge in [-0.25, -0.2) is 4.79 Å². The van der Waals surface area contributed by atoms with Crippen molar-refractivity contribution in [2.75, 3.05) is 13.2 Å². The van der Waals surface area contributed by atoms with Crippen LogP contribution in [0, 0.1) is 6.92 Å². The highest BCUT2D eigenvalue weighted by molar-refractivity contribution is 7.80. The molecule has 1 heterocycles. The van der Waals surface area contributed by atoms with Crippen molar-refractivity contribution in [3.05, 3.63) is 29.3 Å². The lowest BCUT2D eigenvalue weighted by molar-refractivity contribution is 0.0160. The molecule has 4 heteroatoms. The summed E-state index contributed by atoms with van der Waals surface area (Å²) in [6.07, 6.45) is 2.09. The van der Waals surface area contributed by atoms with Crippen LogP contribution >= 0.6 is 12.6 Å². The van der Waals surface area contributed by atoms with Gasteiger partial charge in [-0.2, -0.15) is 0 Å². The molecule has 3 nitrogen and oxygen atoms in total. The van der Waals surface area contributed by atoms with Gasteiger partial charge in [0.15, 0.2) is 0 Å². The van der Waals surface area contributed by atoms with Crippen molar-refractivity contribution < 1.29 is 14.3 Å². The van der Waals surface area contributed by atoms with Gasteiger partial charge in [0.2, 0.25) is 0 Å². The predicted molar refractivity (Wildman–Crippen MR) is 67.7 cm³/mol. The Kier molecular flexibility index (Phi) is 4.07. The monoisotopic (exact) mass is 252 g/mol. The lowest BCUT2D eigenvalue weighted by atomic mass is 10.1. The second-order valence-corrected chi connectivity index (χ2v) is 4.75. The fraction of sp³-hybridized carbons (Fsp3) is 0.462. The summed E-state index contributed by atoms with van der Waals surface area (Å²) in [5.74, 6) is -0.297. The number of hydrogen-bond donors (Lipinski definition) is 1. The van der Waals surface area contributed by atoms with E-state index in [-0.39, 0.29) is 12.1 Å². The highest BCUT2D eigenvalue weighted by Gasteiger charge is 2.18. The molecule has 17 heavy (non-hydrogen) atoms. The first-order valence-electron chi connectivity index (χ1n) is 5.75. The number of aryl methyl sites for hydroxylation is 1. The molecule has 0 bridgehead atoms. The van der Waals surface area contributed by atoms with E-state index in [0.29, 0.717) is 12.2 Å². The minimum atomic E-state index is -0.297. The van der Waals surface area contributed by atoms with Crippen LogP contribution in [0.3, 0.4) is 0 Å². The maximum absolute atomic E-state index is 11.9. The molecular formula is C13H16O3S. The first-order chi connectivity index (χ1) is 8.16. The normalized spacial score (nSPS) is 19.3. The third kappa shape index (κ3) is 3.23. The van der Waals surface area contributed by atoms with Crippen molar-refractivity contribution in [2.24, 2.45) is 0 Å². The Labute approximate surface area is 107 Å². The van der Waals surface area contributed by atoms with E-state index in [1.807, 2.05) is 19.1 Å². The van der Waals surface area contributed by atoms with E-state index in [0.717, 1.165) is 29.9 Å². The maximum Gasteiger partial charge on any atom is 0.338 e. The van der Waals surface area contributed by atoms with Gasteiger partial charge >= 0.3 is 5.97 Å². The smallest absolute Gasteiger partial charge is 0.338 e. The van der Waals surface area contributed by atoms with E-state index in [1.54, 1.807) is 6.07 Å². The molecule has 1 atom stereocenters. The minimum Gasteiger partial charge on any atom is -0.459 e. The highest BCUT2D eigenvalue weighted by Crippen LogP contribution is 2.17. The number of rotatable bonds is 3. The first kappa shape index (κ1) is 12.5. The predicted octanol–water partition coefficient (Wildman–Crippen LogP) is 2.62. The molecule has 0 radical (unpaired) electrons. The molecular weight excluding hydrogens is 236 g/mol. The molecule has 1 unspecified atom stereocenters. The molecule has 1 aromatic rings. The Morgan fingerprint density at radius 3 is 3.12 bits per heavy atom. The molecule has 0 aromatic heterocycles. The SMILES string of the molecule is Cc1ccc(S)cc1C(=O)OCC1CCCO1. The van der Waals surface area contributed by atoms with Crippen LogP contribution < -0.4 is 0 Å². The van der Waals surface area contributed by atoms with Crippen molar-refractivity contribution in [3.63, 3.8) is 0 Å². The fourth-order valence-corrected chi connectivity index (χ4v) is 2.06. The molecule has 1 fully saturated rings. The molecule has 1 aliphatic heterocycles. The van der Waals surface area contributed by atoms with Crippen molar-refractivity contribution in [1.29, 1.82) is 0 Å². The van der Waals surface area contributed by atoms with E-state index in [2.05, 4.69) is 12.6 Å². The summed E-state index contributed by atoms with van der Waals surface area (Å²) >= 11 is 4.22. The Morgan fingerprint density at radius 2 is 2.41 bits per heavy atom. The zero-order valence-electron chi connectivity index (χ0n) is 9.81. The summed E-state index contributed by atoms with van der Waals surface area (Å²) in [7, 11) is 0. The van der Waals surface area contributed by atoms with Gasteiger partial charge in [-0.3, -0.25) is 0 Å². The first-order valence-corrected chi connectivity index (χ1v) is 6.20. The molecule has 92 valence electrons. The lowest BCUT2D eigenvalue weighted by Gasteiger charge is -2.11. The van der Waals surface area contributed by atoms with Crippen LogP contribution in [-0.2, 0) is 9.47 Å². The highest BCUT2D eigenvalue weighted by atomic mass is 32.1. The van der Waals surface area contributed by atoms with Gasteiger partial charge in [-0.1, -0.05) is 6.07 Å². The van der Waals surface area contributed by atoms with Gasteiger partial charge in [-0.15, -0.1) is 12.6 Å². The van der Waals surface area contributed by atoms with Crippen LogP contribution in [0.15, 0.2) is 23.1 Å². The van der Waals surface area contributed by atoms with Gasteiger partial charge in [-0.05, 0) is 37.5 Å². The van der Waals surface area contributed by atoms with Gasteiger partial charge in [0.1, 0.15) is 6.61 Å². The van der Waals surface area contributed by atoms with Crippen LogP contribution in [-0.4, -0.2) is 25.3 Å². The quantitative estimate of drug-likeness (QED) is 0.663. The van der Waals surface area contributed by atoms with E-state index < -0.39 is 0 Å². The summed E-state index contributed by atoms with van der Waals surface area (Å²) in [4.78, 5) is 12.6. The van der Waals surface area contributed by atoms with Crippen LogP contribution in [0.25, 0.3) is 0 Å². The Morgan fingerprint density at radius 1 is 1.59 bits per heavy atom. The number of ether oxygens (including phenoxy) is 2. The lowest BCUT2D eigenvalue weighted by Crippen LogP contribution is -2.18. The second kappa shape index (κ2) is 5.56. The van der Waals surface area contributed by atoms with Crippen LogP contribution in [0.1, 0.15) is 28.8 Å². The molecule has 1 aromatic carbocycles. The van der Waals surface area contributed by atoms with Gasteiger partial charge < -0.3 is 9.47 Å². The molecule has 0 amide bonds. The van der Waals surface area contributed by atoms with Crippen LogP contribution in [0.4, 0.5) is 0 Å². The fourth-order valence-electron chi connectivity index (χ4n) is 1.85. The number of benzene rings is 1. The topological polar surface area (TPSA) is 35.5 Å². The zero-order valence-corrected chi connectivity index (χ0v) is 10.7. The van der Waals surface area contributed by atoms with Crippen molar-refractivity contribution in [3.8, 4) is 0 Å². The molecule has 2 rings (SSSR count). The standard InChI is InChI=1S/C13H16O3S/c1-9-4-5-11(17)7-12(9)13(14)16-8-10-3-2-6-15-10/h4-5,7,10,17H,2-3,6,8H2,1H3. The number of thiol groups is 1.